The molecule has 164 valence electrons. The predicted octanol–water partition coefficient (Wildman–Crippen LogP) is 5.23. The van der Waals surface area contributed by atoms with Gasteiger partial charge in [-0.2, -0.15) is 0 Å². The summed E-state index contributed by atoms with van der Waals surface area (Å²) < 4.78 is 16.8. The van der Waals surface area contributed by atoms with E-state index in [-0.39, 0.29) is 0 Å². The van der Waals surface area contributed by atoms with E-state index in [1.807, 2.05) is 39.8 Å². The number of alkyl carbamates (subject to hydrolysis) is 1. The Morgan fingerprint density at radius 1 is 1.13 bits per heavy atom. The average Bonchev–Trinajstić information content (AvgIpc) is 2.65. The van der Waals surface area contributed by atoms with Crippen LogP contribution in [0.5, 0.6) is 11.5 Å². The number of carbonyl (C=O) groups is 1. The first-order valence-corrected chi connectivity index (χ1v) is 10.4. The molecule has 2 aromatic rings. The van der Waals surface area contributed by atoms with Crippen LogP contribution in [0.2, 0.25) is 0 Å². The maximum atomic E-state index is 11.7. The molecule has 0 aliphatic heterocycles. The molecule has 6 nitrogen and oxygen atoms in total. The predicted molar refractivity (Wildman–Crippen MR) is 119 cm³/mol. The molecule has 6 heteroatoms. The van der Waals surface area contributed by atoms with Gasteiger partial charge < -0.3 is 19.5 Å². The van der Waals surface area contributed by atoms with Crippen molar-refractivity contribution in [1.29, 1.82) is 0 Å². The fraction of sp³-hybridized carbons (Fsp3) is 0.500. The van der Waals surface area contributed by atoms with Gasteiger partial charge in [0.15, 0.2) is 0 Å². The first-order chi connectivity index (χ1) is 14.1. The van der Waals surface area contributed by atoms with Gasteiger partial charge in [-0.15, -0.1) is 0 Å². The van der Waals surface area contributed by atoms with Crippen LogP contribution in [-0.2, 0) is 11.2 Å². The van der Waals surface area contributed by atoms with Gasteiger partial charge in [0.1, 0.15) is 17.1 Å². The van der Waals surface area contributed by atoms with Gasteiger partial charge in [-0.1, -0.05) is 6.92 Å². The fourth-order valence-corrected chi connectivity index (χ4v) is 3.17. The van der Waals surface area contributed by atoms with Gasteiger partial charge in [-0.25, -0.2) is 4.79 Å². The van der Waals surface area contributed by atoms with E-state index >= 15 is 0 Å². The van der Waals surface area contributed by atoms with Crippen LogP contribution in [0.3, 0.4) is 0 Å². The van der Waals surface area contributed by atoms with E-state index in [4.69, 9.17) is 14.2 Å². The molecule has 0 fully saturated rings. The van der Waals surface area contributed by atoms with Crippen molar-refractivity contribution in [2.75, 3.05) is 20.3 Å². The van der Waals surface area contributed by atoms with Crippen molar-refractivity contribution in [2.45, 2.75) is 60.0 Å². The lowest BCUT2D eigenvalue weighted by molar-refractivity contribution is 0.0525. The number of nitrogens with one attached hydrogen (secondary N) is 1. The zero-order valence-corrected chi connectivity index (χ0v) is 19.2. The summed E-state index contributed by atoms with van der Waals surface area (Å²) in [6, 6.07) is 8.11. The number of ether oxygens (including phenoxy) is 3. The zero-order chi connectivity index (χ0) is 22.3. The molecule has 0 saturated carbocycles. The van der Waals surface area contributed by atoms with Gasteiger partial charge in [-0.3, -0.25) is 4.98 Å². The molecule has 1 N–H and O–H groups in total. The van der Waals surface area contributed by atoms with Crippen molar-refractivity contribution in [3.63, 3.8) is 0 Å². The largest absolute Gasteiger partial charge is 0.496 e. The number of methoxy groups -OCH3 is 1. The molecule has 0 aliphatic carbocycles. The van der Waals surface area contributed by atoms with E-state index < -0.39 is 11.7 Å². The lowest BCUT2D eigenvalue weighted by Crippen LogP contribution is -2.33. The number of hydrogen-bond acceptors (Lipinski definition) is 5. The van der Waals surface area contributed by atoms with E-state index in [0.29, 0.717) is 19.6 Å². The minimum Gasteiger partial charge on any atom is -0.496 e. The van der Waals surface area contributed by atoms with Crippen molar-refractivity contribution in [3.05, 3.63) is 41.2 Å². The van der Waals surface area contributed by atoms with E-state index in [1.54, 1.807) is 7.11 Å². The number of carbonyl (C=O) groups excluding carboxylic acids is 1. The molecule has 1 amide bonds. The highest BCUT2D eigenvalue weighted by molar-refractivity contribution is 5.75. The average molecular weight is 415 g/mol. The molecule has 1 aromatic heterocycles. The van der Waals surface area contributed by atoms with Gasteiger partial charge in [0.25, 0.3) is 0 Å². The van der Waals surface area contributed by atoms with Crippen molar-refractivity contribution in [3.8, 4) is 22.6 Å². The molecule has 0 saturated heterocycles. The Morgan fingerprint density at radius 3 is 2.50 bits per heavy atom. The van der Waals surface area contributed by atoms with Crippen LogP contribution in [-0.4, -0.2) is 36.9 Å². The third-order valence-corrected chi connectivity index (χ3v) is 4.41. The summed E-state index contributed by atoms with van der Waals surface area (Å²) in [5.41, 5.74) is 4.77. The van der Waals surface area contributed by atoms with E-state index in [1.165, 1.54) is 0 Å². The molecule has 0 spiro atoms. The van der Waals surface area contributed by atoms with Gasteiger partial charge in [0.05, 0.1) is 13.7 Å². The Hall–Kier alpha value is -2.76. The maximum Gasteiger partial charge on any atom is 0.407 e. The number of pyridine rings is 1. The van der Waals surface area contributed by atoms with Crippen molar-refractivity contribution < 1.29 is 19.0 Å². The van der Waals surface area contributed by atoms with Gasteiger partial charge in [-0.05, 0) is 76.8 Å². The summed E-state index contributed by atoms with van der Waals surface area (Å²) in [6.07, 6.45) is 1.14. The van der Waals surface area contributed by atoms with E-state index in [9.17, 15) is 4.79 Å². The third kappa shape index (κ3) is 6.94. The van der Waals surface area contributed by atoms with Crippen LogP contribution < -0.4 is 14.8 Å². The minimum absolute atomic E-state index is 0.413. The topological polar surface area (TPSA) is 69.7 Å². The van der Waals surface area contributed by atoms with Crippen LogP contribution in [0, 0.1) is 13.8 Å². The lowest BCUT2D eigenvalue weighted by atomic mass is 9.98. The Bertz CT molecular complexity index is 872. The molecule has 0 unspecified atom stereocenters. The number of aryl methyl sites for hydroxylation is 3. The van der Waals surface area contributed by atoms with Gasteiger partial charge in [0.2, 0.25) is 0 Å². The fourth-order valence-electron chi connectivity index (χ4n) is 3.17. The van der Waals surface area contributed by atoms with Crippen molar-refractivity contribution in [1.82, 2.24) is 10.3 Å². The number of benzene rings is 1. The summed E-state index contributed by atoms with van der Waals surface area (Å²) in [4.78, 5) is 16.2. The second kappa shape index (κ2) is 10.3. The van der Waals surface area contributed by atoms with Crippen LogP contribution in [0.4, 0.5) is 4.79 Å². The number of rotatable bonds is 8. The number of hydrogen-bond donors (Lipinski definition) is 1. The molecular formula is C24H34N2O4. The van der Waals surface area contributed by atoms with Crippen molar-refractivity contribution >= 4 is 6.09 Å². The van der Waals surface area contributed by atoms with Crippen LogP contribution in [0.25, 0.3) is 11.1 Å². The quantitative estimate of drug-likeness (QED) is 0.599. The SMILES string of the molecule is CCc1cc(-c2c(C)cc(OCCCNC(=O)OC(C)(C)C)cc2OC)cc(C)n1. The maximum absolute atomic E-state index is 11.7. The normalized spacial score (nSPS) is 11.2. The Morgan fingerprint density at radius 2 is 1.87 bits per heavy atom. The molecule has 1 aromatic carbocycles. The monoisotopic (exact) mass is 414 g/mol. The molecule has 0 atom stereocenters. The highest BCUT2D eigenvalue weighted by atomic mass is 16.6. The zero-order valence-electron chi connectivity index (χ0n) is 19.2. The Kier molecular flexibility index (Phi) is 8.09. The Balaban J connectivity index is 2.02. The number of nitrogens with zero attached hydrogens (tertiary/aromatic N) is 1. The highest BCUT2D eigenvalue weighted by Crippen LogP contribution is 2.37. The van der Waals surface area contributed by atoms with Crippen LogP contribution >= 0.6 is 0 Å². The molecule has 0 bridgehead atoms. The second-order valence-corrected chi connectivity index (χ2v) is 8.29. The standard InChI is InChI=1S/C24H34N2O4/c1-8-19-14-18(13-17(3)26-19)22-16(2)12-20(15-21(22)28-7)29-11-9-10-25-23(27)30-24(4,5)6/h12-15H,8-11H2,1-7H3,(H,25,27). The summed E-state index contributed by atoms with van der Waals surface area (Å²) in [5, 5.41) is 2.73. The summed E-state index contributed by atoms with van der Waals surface area (Å²) in [6.45, 7) is 12.6. The Labute approximate surface area is 180 Å². The lowest BCUT2D eigenvalue weighted by Gasteiger charge is -2.19. The molecular weight excluding hydrogens is 380 g/mol. The van der Waals surface area contributed by atoms with E-state index in [2.05, 4.69) is 36.3 Å². The minimum atomic E-state index is -0.498. The molecule has 0 radical (unpaired) electrons. The highest BCUT2D eigenvalue weighted by Gasteiger charge is 2.16. The van der Waals surface area contributed by atoms with Crippen LogP contribution in [0.1, 0.15) is 51.1 Å². The molecule has 2 rings (SSSR count). The van der Waals surface area contributed by atoms with Crippen LogP contribution in [0.15, 0.2) is 24.3 Å². The summed E-state index contributed by atoms with van der Waals surface area (Å²) >= 11 is 0. The first-order valence-electron chi connectivity index (χ1n) is 10.4. The number of amides is 1. The van der Waals surface area contributed by atoms with Gasteiger partial charge in [0, 0.05) is 29.6 Å². The smallest absolute Gasteiger partial charge is 0.407 e. The third-order valence-electron chi connectivity index (χ3n) is 4.41. The summed E-state index contributed by atoms with van der Waals surface area (Å²) in [7, 11) is 1.67. The second-order valence-electron chi connectivity index (χ2n) is 8.29. The summed E-state index contributed by atoms with van der Waals surface area (Å²) in [5.74, 6) is 1.51. The molecule has 1 heterocycles. The molecule has 30 heavy (non-hydrogen) atoms. The molecule has 0 aliphatic rings. The van der Waals surface area contributed by atoms with Crippen molar-refractivity contribution in [2.24, 2.45) is 0 Å². The van der Waals surface area contributed by atoms with Gasteiger partial charge >= 0.3 is 6.09 Å². The van der Waals surface area contributed by atoms with E-state index in [0.717, 1.165) is 46.0 Å². The number of aromatic nitrogens is 1. The first kappa shape index (κ1) is 23.5.